The van der Waals surface area contributed by atoms with E-state index >= 15 is 0 Å². The van der Waals surface area contributed by atoms with Gasteiger partial charge in [-0.05, 0) is 18.2 Å². The van der Waals surface area contributed by atoms with E-state index in [1.165, 1.54) is 18.2 Å². The van der Waals surface area contributed by atoms with Crippen LogP contribution in [0.5, 0.6) is 0 Å². The van der Waals surface area contributed by atoms with E-state index < -0.39 is 11.9 Å². The summed E-state index contributed by atoms with van der Waals surface area (Å²) in [5.41, 5.74) is 0.318. The van der Waals surface area contributed by atoms with Gasteiger partial charge in [-0.25, -0.2) is 4.79 Å². The Morgan fingerprint density at radius 1 is 1.33 bits per heavy atom. The van der Waals surface area contributed by atoms with Crippen molar-refractivity contribution in [1.29, 1.82) is 0 Å². The Balaban J connectivity index is 2.98. The molecule has 0 radical (unpaired) electrons. The molecule has 0 saturated heterocycles. The van der Waals surface area contributed by atoms with Gasteiger partial charge in [0.1, 0.15) is 5.88 Å². The lowest BCUT2D eigenvalue weighted by molar-refractivity contribution is -0.113. The molecule has 0 unspecified atom stereocenters. The number of rotatable bonds is 3. The monoisotopic (exact) mass is 247 g/mol. The van der Waals surface area contributed by atoms with E-state index in [2.05, 4.69) is 5.32 Å². The molecule has 0 bridgehead atoms. The first-order valence-electron chi connectivity index (χ1n) is 3.92. The highest BCUT2D eigenvalue weighted by atomic mass is 35.5. The molecule has 0 spiro atoms. The maximum atomic E-state index is 10.9. The first-order chi connectivity index (χ1) is 7.02. The number of hydrogen-bond acceptors (Lipinski definition) is 2. The number of carboxylic acid groups (broad SMARTS) is 1. The molecule has 80 valence electrons. The largest absolute Gasteiger partial charge is 0.478 e. The predicted octanol–water partition coefficient (Wildman–Crippen LogP) is 2.22. The average molecular weight is 248 g/mol. The maximum absolute atomic E-state index is 10.9. The van der Waals surface area contributed by atoms with Crippen LogP contribution in [0.2, 0.25) is 5.02 Å². The molecule has 1 amide bonds. The van der Waals surface area contributed by atoms with Crippen LogP contribution in [0.25, 0.3) is 0 Å². The summed E-state index contributed by atoms with van der Waals surface area (Å²) >= 11 is 11.0. The van der Waals surface area contributed by atoms with Crippen molar-refractivity contribution < 1.29 is 14.7 Å². The highest BCUT2D eigenvalue weighted by Gasteiger charge is 2.07. The van der Waals surface area contributed by atoms with Crippen LogP contribution in [0.15, 0.2) is 18.2 Å². The minimum atomic E-state index is -1.11. The van der Waals surface area contributed by atoms with Crippen molar-refractivity contribution in [3.63, 3.8) is 0 Å². The van der Waals surface area contributed by atoms with Gasteiger partial charge in [0, 0.05) is 10.7 Å². The lowest BCUT2D eigenvalue weighted by Gasteiger charge is -2.04. The first-order valence-corrected chi connectivity index (χ1v) is 4.84. The molecule has 0 atom stereocenters. The van der Waals surface area contributed by atoms with Gasteiger partial charge in [0.25, 0.3) is 0 Å². The van der Waals surface area contributed by atoms with Crippen LogP contribution in [0, 0.1) is 0 Å². The van der Waals surface area contributed by atoms with Gasteiger partial charge >= 0.3 is 5.97 Å². The number of hydrogen-bond donors (Lipinski definition) is 2. The number of amides is 1. The molecule has 0 aromatic heterocycles. The summed E-state index contributed by atoms with van der Waals surface area (Å²) in [5.74, 6) is -1.73. The molecule has 0 heterocycles. The number of alkyl halides is 1. The Morgan fingerprint density at radius 2 is 2.00 bits per heavy atom. The Bertz CT molecular complexity index is 406. The third kappa shape index (κ3) is 3.42. The Hall–Kier alpha value is -1.26. The van der Waals surface area contributed by atoms with E-state index in [1.54, 1.807) is 0 Å². The minimum Gasteiger partial charge on any atom is -0.478 e. The zero-order valence-electron chi connectivity index (χ0n) is 7.46. The zero-order chi connectivity index (χ0) is 11.4. The van der Waals surface area contributed by atoms with Crippen molar-refractivity contribution >= 4 is 40.8 Å². The Labute approximate surface area is 95.8 Å². The Morgan fingerprint density at radius 3 is 2.53 bits per heavy atom. The SMILES string of the molecule is O=C(CCl)Nc1cc(Cl)cc(C(=O)O)c1. The highest BCUT2D eigenvalue weighted by molar-refractivity contribution is 6.31. The lowest BCUT2D eigenvalue weighted by atomic mass is 10.2. The molecule has 2 N–H and O–H groups in total. The predicted molar refractivity (Wildman–Crippen MR) is 57.8 cm³/mol. The minimum absolute atomic E-state index is 0.00683. The summed E-state index contributed by atoms with van der Waals surface area (Å²) in [7, 11) is 0. The molecule has 0 aliphatic heterocycles. The quantitative estimate of drug-likeness (QED) is 0.806. The number of anilines is 1. The fourth-order valence-corrected chi connectivity index (χ4v) is 1.28. The highest BCUT2D eigenvalue weighted by Crippen LogP contribution is 2.19. The third-order valence-electron chi connectivity index (χ3n) is 1.55. The molecule has 15 heavy (non-hydrogen) atoms. The van der Waals surface area contributed by atoms with Gasteiger partial charge in [0.2, 0.25) is 5.91 Å². The summed E-state index contributed by atoms with van der Waals surface area (Å²) in [5, 5.41) is 11.4. The molecule has 0 aliphatic rings. The number of carbonyl (C=O) groups is 2. The van der Waals surface area contributed by atoms with Crippen molar-refractivity contribution in [1.82, 2.24) is 0 Å². The molecule has 0 saturated carbocycles. The van der Waals surface area contributed by atoms with Crippen molar-refractivity contribution in [2.75, 3.05) is 11.2 Å². The van der Waals surface area contributed by atoms with E-state index in [0.29, 0.717) is 5.69 Å². The van der Waals surface area contributed by atoms with Crippen LogP contribution in [-0.4, -0.2) is 22.9 Å². The van der Waals surface area contributed by atoms with Crippen LogP contribution in [-0.2, 0) is 4.79 Å². The van der Waals surface area contributed by atoms with Crippen molar-refractivity contribution in [2.45, 2.75) is 0 Å². The van der Waals surface area contributed by atoms with Crippen LogP contribution in [0.3, 0.4) is 0 Å². The van der Waals surface area contributed by atoms with Crippen LogP contribution < -0.4 is 5.32 Å². The van der Waals surface area contributed by atoms with E-state index in [4.69, 9.17) is 28.3 Å². The van der Waals surface area contributed by atoms with Crippen molar-refractivity contribution in [3.8, 4) is 0 Å². The molecule has 6 heteroatoms. The molecular formula is C9H7Cl2NO3. The summed E-state index contributed by atoms with van der Waals surface area (Å²) in [6, 6.07) is 4.04. The van der Waals surface area contributed by atoms with Gasteiger partial charge < -0.3 is 10.4 Å². The normalized spacial score (nSPS) is 9.73. The van der Waals surface area contributed by atoms with Crippen molar-refractivity contribution in [3.05, 3.63) is 28.8 Å². The summed E-state index contributed by atoms with van der Waals surface area (Å²) in [4.78, 5) is 21.6. The number of carbonyl (C=O) groups excluding carboxylic acids is 1. The number of benzene rings is 1. The molecule has 1 aromatic rings. The number of nitrogens with one attached hydrogen (secondary N) is 1. The number of carboxylic acids is 1. The van der Waals surface area contributed by atoms with Gasteiger partial charge in [-0.3, -0.25) is 4.79 Å². The average Bonchev–Trinajstić information content (AvgIpc) is 2.16. The molecule has 4 nitrogen and oxygen atoms in total. The second-order valence-corrected chi connectivity index (χ2v) is 3.42. The van der Waals surface area contributed by atoms with Gasteiger partial charge in [0.15, 0.2) is 0 Å². The standard InChI is InChI=1S/C9H7Cl2NO3/c10-4-8(13)12-7-2-5(9(14)15)1-6(11)3-7/h1-3H,4H2,(H,12,13)(H,14,15). The van der Waals surface area contributed by atoms with Crippen LogP contribution in [0.4, 0.5) is 5.69 Å². The second kappa shape index (κ2) is 5.00. The summed E-state index contributed by atoms with van der Waals surface area (Å²) in [6.45, 7) is 0. The van der Waals surface area contributed by atoms with E-state index in [1.807, 2.05) is 0 Å². The first kappa shape index (κ1) is 11.8. The van der Waals surface area contributed by atoms with E-state index in [-0.39, 0.29) is 16.5 Å². The molecular weight excluding hydrogens is 241 g/mol. The lowest BCUT2D eigenvalue weighted by Crippen LogP contribution is -2.13. The zero-order valence-corrected chi connectivity index (χ0v) is 8.97. The topological polar surface area (TPSA) is 66.4 Å². The smallest absolute Gasteiger partial charge is 0.335 e. The molecule has 0 fully saturated rings. The molecule has 1 rings (SSSR count). The summed E-state index contributed by atoms with van der Waals surface area (Å²) < 4.78 is 0. The van der Waals surface area contributed by atoms with Gasteiger partial charge in [0.05, 0.1) is 5.56 Å². The Kier molecular flexibility index (Phi) is 3.94. The van der Waals surface area contributed by atoms with Gasteiger partial charge in [-0.15, -0.1) is 11.6 Å². The maximum Gasteiger partial charge on any atom is 0.335 e. The fraction of sp³-hybridized carbons (Fsp3) is 0.111. The fourth-order valence-electron chi connectivity index (χ4n) is 0.980. The molecule has 0 aliphatic carbocycles. The van der Waals surface area contributed by atoms with Crippen LogP contribution in [0.1, 0.15) is 10.4 Å². The molecule has 1 aromatic carbocycles. The van der Waals surface area contributed by atoms with E-state index in [0.717, 1.165) is 0 Å². The van der Waals surface area contributed by atoms with Gasteiger partial charge in [-0.1, -0.05) is 11.6 Å². The number of aromatic carboxylic acids is 1. The number of halogens is 2. The third-order valence-corrected chi connectivity index (χ3v) is 2.01. The second-order valence-electron chi connectivity index (χ2n) is 2.72. The summed E-state index contributed by atoms with van der Waals surface area (Å²) in [6.07, 6.45) is 0. The van der Waals surface area contributed by atoms with Gasteiger partial charge in [-0.2, -0.15) is 0 Å². The van der Waals surface area contributed by atoms with Crippen LogP contribution >= 0.6 is 23.2 Å². The van der Waals surface area contributed by atoms with E-state index in [9.17, 15) is 9.59 Å². The van der Waals surface area contributed by atoms with Crippen molar-refractivity contribution in [2.24, 2.45) is 0 Å².